The molecule has 0 aliphatic carbocycles. The van der Waals surface area contributed by atoms with Gasteiger partial charge in [0.25, 0.3) is 0 Å². The molecule has 1 aliphatic heterocycles. The highest BCUT2D eigenvalue weighted by Gasteiger charge is 2.20. The van der Waals surface area contributed by atoms with Gasteiger partial charge >= 0.3 is 0 Å². The molecule has 1 aromatic rings. The fourth-order valence-electron chi connectivity index (χ4n) is 2.40. The number of hydrogen-bond donors (Lipinski definition) is 0. The maximum Gasteiger partial charge on any atom is 0.0494 e. The molecule has 0 spiro atoms. The van der Waals surface area contributed by atoms with Crippen molar-refractivity contribution in [1.82, 2.24) is 0 Å². The number of anilines is 1. The number of nitrogens with zero attached hydrogens (tertiary/aromatic N) is 1. The molecule has 1 nitrogen and oxygen atoms in total. The normalized spacial score (nSPS) is 21.2. The first kappa shape index (κ1) is 12.3. The van der Waals surface area contributed by atoms with Gasteiger partial charge in [0.15, 0.2) is 0 Å². The Kier molecular flexibility index (Phi) is 4.15. The molecular weight excluding hydrogens is 286 g/mol. The van der Waals surface area contributed by atoms with Gasteiger partial charge in [-0.25, -0.2) is 0 Å². The second-order valence-corrected chi connectivity index (χ2v) is 5.63. The molecule has 1 aromatic carbocycles. The molecule has 88 valence electrons. The minimum absolute atomic E-state index is 0.581. The van der Waals surface area contributed by atoms with Gasteiger partial charge in [0.05, 0.1) is 0 Å². The third-order valence-corrected chi connectivity index (χ3v) is 4.08. The highest BCUT2D eigenvalue weighted by Crippen LogP contribution is 2.30. The van der Waals surface area contributed by atoms with E-state index in [-0.39, 0.29) is 0 Å². The van der Waals surface area contributed by atoms with Crippen LogP contribution in [0.25, 0.3) is 0 Å². The number of hydrogen-bond acceptors (Lipinski definition) is 1. The number of rotatable bonds is 2. The highest BCUT2D eigenvalue weighted by molar-refractivity contribution is 9.10. The van der Waals surface area contributed by atoms with E-state index >= 15 is 0 Å². The molecule has 0 N–H and O–H groups in total. The Balaban J connectivity index is 2.30. The van der Waals surface area contributed by atoms with Gasteiger partial charge in [0.1, 0.15) is 0 Å². The van der Waals surface area contributed by atoms with E-state index < -0.39 is 0 Å². The van der Waals surface area contributed by atoms with Crippen LogP contribution in [0.15, 0.2) is 22.7 Å². The molecule has 1 atom stereocenters. The number of benzene rings is 1. The summed E-state index contributed by atoms with van der Waals surface area (Å²) in [4.78, 5) is 2.49. The standard InChI is InChI=1S/C13H17BrClN/c1-10-4-2-3-7-16(10)13-6-5-12(14)8-11(13)9-15/h5-6,8,10H,2-4,7,9H2,1H3. The van der Waals surface area contributed by atoms with Gasteiger partial charge in [-0.15, -0.1) is 11.6 Å². The summed E-state index contributed by atoms with van der Waals surface area (Å²) in [7, 11) is 0. The molecule has 0 aromatic heterocycles. The fraction of sp³-hybridized carbons (Fsp3) is 0.538. The van der Waals surface area contributed by atoms with Crippen molar-refractivity contribution in [2.75, 3.05) is 11.4 Å². The first-order valence-corrected chi connectivity index (χ1v) is 7.16. The van der Waals surface area contributed by atoms with Gasteiger partial charge in [-0.2, -0.15) is 0 Å². The Morgan fingerprint density at radius 2 is 2.25 bits per heavy atom. The van der Waals surface area contributed by atoms with Crippen LogP contribution in [0.3, 0.4) is 0 Å². The van der Waals surface area contributed by atoms with E-state index in [1.807, 2.05) is 0 Å². The van der Waals surface area contributed by atoms with E-state index in [2.05, 4.69) is 46.0 Å². The summed E-state index contributed by atoms with van der Waals surface area (Å²) < 4.78 is 1.11. The predicted octanol–water partition coefficient (Wildman–Crippen LogP) is 4.57. The van der Waals surface area contributed by atoms with E-state index in [0.717, 1.165) is 11.0 Å². The molecule has 0 bridgehead atoms. The third-order valence-electron chi connectivity index (χ3n) is 3.30. The van der Waals surface area contributed by atoms with Crippen LogP contribution in [0, 0.1) is 0 Å². The molecule has 1 saturated heterocycles. The lowest BCUT2D eigenvalue weighted by Crippen LogP contribution is -2.37. The average molecular weight is 303 g/mol. The SMILES string of the molecule is CC1CCCCN1c1ccc(Br)cc1CCl. The smallest absolute Gasteiger partial charge is 0.0494 e. The lowest BCUT2D eigenvalue weighted by Gasteiger charge is -2.36. The monoisotopic (exact) mass is 301 g/mol. The largest absolute Gasteiger partial charge is 0.369 e. The summed E-state index contributed by atoms with van der Waals surface area (Å²) in [5.41, 5.74) is 2.54. The predicted molar refractivity (Wildman–Crippen MR) is 74.4 cm³/mol. The van der Waals surface area contributed by atoms with Gasteiger partial charge < -0.3 is 4.90 Å². The van der Waals surface area contributed by atoms with Gasteiger partial charge in [0.2, 0.25) is 0 Å². The Hall–Kier alpha value is -0.210. The summed E-state index contributed by atoms with van der Waals surface area (Å²) >= 11 is 9.52. The number of piperidine rings is 1. The van der Waals surface area contributed by atoms with Gasteiger partial charge in [-0.05, 0) is 49.9 Å². The Labute approximate surface area is 111 Å². The van der Waals surface area contributed by atoms with Gasteiger partial charge in [-0.3, -0.25) is 0 Å². The second kappa shape index (κ2) is 5.42. The molecule has 1 unspecified atom stereocenters. The molecule has 1 fully saturated rings. The Morgan fingerprint density at radius 3 is 2.94 bits per heavy atom. The lowest BCUT2D eigenvalue weighted by molar-refractivity contribution is 0.484. The van der Waals surface area contributed by atoms with Crippen LogP contribution in [0.1, 0.15) is 31.7 Å². The zero-order valence-corrected chi connectivity index (χ0v) is 11.9. The minimum atomic E-state index is 0.581. The second-order valence-electron chi connectivity index (χ2n) is 4.44. The van der Waals surface area contributed by atoms with Crippen molar-refractivity contribution in [3.8, 4) is 0 Å². The summed E-state index contributed by atoms with van der Waals surface area (Å²) in [6, 6.07) is 7.05. The molecular formula is C13H17BrClN. The lowest BCUT2D eigenvalue weighted by atomic mass is 10.0. The molecule has 2 rings (SSSR count). The van der Waals surface area contributed by atoms with Crippen LogP contribution in [0.5, 0.6) is 0 Å². The van der Waals surface area contributed by atoms with E-state index in [1.165, 1.54) is 30.5 Å². The topological polar surface area (TPSA) is 3.24 Å². The Morgan fingerprint density at radius 1 is 1.44 bits per heavy atom. The highest BCUT2D eigenvalue weighted by atomic mass is 79.9. The molecule has 0 amide bonds. The van der Waals surface area contributed by atoms with E-state index in [1.54, 1.807) is 0 Å². The number of alkyl halides is 1. The first-order chi connectivity index (χ1) is 7.72. The first-order valence-electron chi connectivity index (χ1n) is 5.83. The van der Waals surface area contributed by atoms with Crippen LogP contribution < -0.4 is 4.90 Å². The molecule has 0 radical (unpaired) electrons. The molecule has 0 saturated carbocycles. The average Bonchev–Trinajstić information content (AvgIpc) is 2.30. The van der Waals surface area contributed by atoms with Crippen molar-refractivity contribution in [1.29, 1.82) is 0 Å². The van der Waals surface area contributed by atoms with E-state index in [9.17, 15) is 0 Å². The number of halogens is 2. The maximum absolute atomic E-state index is 6.02. The van der Waals surface area contributed by atoms with Crippen molar-refractivity contribution in [2.45, 2.75) is 38.1 Å². The van der Waals surface area contributed by atoms with Crippen molar-refractivity contribution >= 4 is 33.2 Å². The van der Waals surface area contributed by atoms with Gasteiger partial charge in [0, 0.05) is 28.6 Å². The zero-order chi connectivity index (χ0) is 11.5. The van der Waals surface area contributed by atoms with Crippen LogP contribution in [-0.2, 0) is 5.88 Å². The van der Waals surface area contributed by atoms with Crippen LogP contribution >= 0.6 is 27.5 Å². The van der Waals surface area contributed by atoms with Crippen LogP contribution in [-0.4, -0.2) is 12.6 Å². The van der Waals surface area contributed by atoms with Gasteiger partial charge in [-0.1, -0.05) is 15.9 Å². The quantitative estimate of drug-likeness (QED) is 0.724. The van der Waals surface area contributed by atoms with Crippen LogP contribution in [0.2, 0.25) is 0 Å². The van der Waals surface area contributed by atoms with E-state index in [4.69, 9.17) is 11.6 Å². The summed E-state index contributed by atoms with van der Waals surface area (Å²) in [6.07, 6.45) is 3.93. The fourth-order valence-corrected chi connectivity index (χ4v) is 3.02. The third kappa shape index (κ3) is 2.54. The van der Waals surface area contributed by atoms with Crippen molar-refractivity contribution in [3.63, 3.8) is 0 Å². The molecule has 3 heteroatoms. The zero-order valence-electron chi connectivity index (χ0n) is 9.55. The molecule has 1 heterocycles. The summed E-state index contributed by atoms with van der Waals surface area (Å²) in [5, 5.41) is 0. The summed E-state index contributed by atoms with van der Waals surface area (Å²) in [5.74, 6) is 0.581. The van der Waals surface area contributed by atoms with Crippen LogP contribution in [0.4, 0.5) is 5.69 Å². The Bertz CT molecular complexity index is 367. The van der Waals surface area contributed by atoms with E-state index in [0.29, 0.717) is 11.9 Å². The maximum atomic E-state index is 6.02. The van der Waals surface area contributed by atoms with Crippen molar-refractivity contribution < 1.29 is 0 Å². The van der Waals surface area contributed by atoms with Crippen molar-refractivity contribution in [2.24, 2.45) is 0 Å². The summed E-state index contributed by atoms with van der Waals surface area (Å²) in [6.45, 7) is 3.46. The van der Waals surface area contributed by atoms with Crippen molar-refractivity contribution in [3.05, 3.63) is 28.2 Å². The molecule has 1 aliphatic rings. The molecule has 16 heavy (non-hydrogen) atoms. The minimum Gasteiger partial charge on any atom is -0.369 e.